The summed E-state index contributed by atoms with van der Waals surface area (Å²) in [6.07, 6.45) is 4.11. The normalized spacial score (nSPS) is 15.8. The van der Waals surface area contributed by atoms with Crippen molar-refractivity contribution in [3.05, 3.63) is 34.2 Å². The van der Waals surface area contributed by atoms with Crippen molar-refractivity contribution in [3.8, 4) is 0 Å². The van der Waals surface area contributed by atoms with E-state index < -0.39 is 0 Å². The van der Waals surface area contributed by atoms with Gasteiger partial charge in [0.15, 0.2) is 5.43 Å². The van der Waals surface area contributed by atoms with Crippen molar-refractivity contribution < 1.29 is 4.79 Å². The molecule has 5 heteroatoms. The lowest BCUT2D eigenvalue weighted by atomic mass is 10.3. The number of aryl methyl sites for hydroxylation is 1. The van der Waals surface area contributed by atoms with E-state index in [-0.39, 0.29) is 11.3 Å². The lowest BCUT2D eigenvalue weighted by Gasteiger charge is -2.15. The summed E-state index contributed by atoms with van der Waals surface area (Å²) in [6, 6.07) is 2.81. The van der Waals surface area contributed by atoms with Crippen LogP contribution >= 0.6 is 0 Å². The lowest BCUT2D eigenvalue weighted by Crippen LogP contribution is -2.35. The van der Waals surface area contributed by atoms with Crippen LogP contribution in [0.15, 0.2) is 23.1 Å². The highest BCUT2D eigenvalue weighted by atomic mass is 16.2. The average Bonchev–Trinajstić information content (AvgIpc) is 2.85. The number of hydrogen-bond donors (Lipinski definition) is 1. The van der Waals surface area contributed by atoms with E-state index in [1.165, 1.54) is 25.0 Å². The van der Waals surface area contributed by atoms with Gasteiger partial charge in [0.05, 0.1) is 0 Å². The minimum Gasteiger partial charge on any atom is -0.349 e. The van der Waals surface area contributed by atoms with Gasteiger partial charge in [-0.05, 0) is 25.9 Å². The Morgan fingerprint density at radius 1 is 1.39 bits per heavy atom. The van der Waals surface area contributed by atoms with Gasteiger partial charge in [-0.15, -0.1) is 0 Å². The topological polar surface area (TPSA) is 54.3 Å². The molecule has 1 aliphatic rings. The third-order valence-electron chi connectivity index (χ3n) is 3.27. The van der Waals surface area contributed by atoms with E-state index in [1.807, 2.05) is 0 Å². The van der Waals surface area contributed by atoms with Crippen molar-refractivity contribution in [2.75, 3.05) is 26.2 Å². The fourth-order valence-electron chi connectivity index (χ4n) is 2.20. The zero-order valence-electron chi connectivity index (χ0n) is 10.7. The highest BCUT2D eigenvalue weighted by Crippen LogP contribution is 2.05. The first-order valence-electron chi connectivity index (χ1n) is 6.34. The smallest absolute Gasteiger partial charge is 0.268 e. The van der Waals surface area contributed by atoms with Gasteiger partial charge in [0, 0.05) is 38.5 Å². The van der Waals surface area contributed by atoms with Gasteiger partial charge in [0.25, 0.3) is 5.91 Å². The molecule has 1 aromatic rings. The van der Waals surface area contributed by atoms with Crippen LogP contribution in [0.3, 0.4) is 0 Å². The molecule has 18 heavy (non-hydrogen) atoms. The Morgan fingerprint density at radius 2 is 2.11 bits per heavy atom. The van der Waals surface area contributed by atoms with E-state index in [1.54, 1.807) is 17.8 Å². The summed E-state index contributed by atoms with van der Waals surface area (Å²) >= 11 is 0. The summed E-state index contributed by atoms with van der Waals surface area (Å²) in [4.78, 5) is 25.5. The molecule has 1 fully saturated rings. The highest BCUT2D eigenvalue weighted by molar-refractivity contribution is 5.92. The van der Waals surface area contributed by atoms with Crippen LogP contribution in [0.1, 0.15) is 23.3 Å². The number of rotatable bonds is 4. The molecule has 0 unspecified atom stereocenters. The molecule has 0 aromatic carbocycles. The first-order chi connectivity index (χ1) is 8.66. The molecule has 0 atom stereocenters. The van der Waals surface area contributed by atoms with Crippen molar-refractivity contribution in [1.82, 2.24) is 14.8 Å². The molecule has 0 saturated carbocycles. The number of nitrogens with zero attached hydrogens (tertiary/aromatic N) is 2. The lowest BCUT2D eigenvalue weighted by molar-refractivity contribution is 0.0940. The highest BCUT2D eigenvalue weighted by Gasteiger charge is 2.12. The van der Waals surface area contributed by atoms with Gasteiger partial charge >= 0.3 is 0 Å². The Balaban J connectivity index is 1.87. The van der Waals surface area contributed by atoms with Crippen molar-refractivity contribution in [3.63, 3.8) is 0 Å². The SMILES string of the molecule is Cn1ccc(=O)cc1C(=O)NCCN1CCCC1. The Labute approximate surface area is 106 Å². The van der Waals surface area contributed by atoms with E-state index in [4.69, 9.17) is 0 Å². The Kier molecular flexibility index (Phi) is 4.15. The maximum absolute atomic E-state index is 11.9. The number of carbonyl (C=O) groups is 1. The fourth-order valence-corrected chi connectivity index (χ4v) is 2.20. The van der Waals surface area contributed by atoms with E-state index in [9.17, 15) is 9.59 Å². The minimum atomic E-state index is -0.186. The molecule has 1 amide bonds. The monoisotopic (exact) mass is 249 g/mol. The minimum absolute atomic E-state index is 0.141. The molecule has 5 nitrogen and oxygen atoms in total. The Hall–Kier alpha value is -1.62. The van der Waals surface area contributed by atoms with Gasteiger partial charge in [-0.3, -0.25) is 9.59 Å². The number of amides is 1. The van der Waals surface area contributed by atoms with Crippen LogP contribution in [-0.4, -0.2) is 41.6 Å². The van der Waals surface area contributed by atoms with E-state index in [0.29, 0.717) is 12.2 Å². The van der Waals surface area contributed by atoms with Crippen LogP contribution in [-0.2, 0) is 7.05 Å². The van der Waals surface area contributed by atoms with Crippen molar-refractivity contribution in [2.24, 2.45) is 7.05 Å². The van der Waals surface area contributed by atoms with Crippen molar-refractivity contribution in [2.45, 2.75) is 12.8 Å². The predicted molar refractivity (Wildman–Crippen MR) is 69.7 cm³/mol. The van der Waals surface area contributed by atoms with E-state index >= 15 is 0 Å². The van der Waals surface area contributed by atoms with Crippen molar-refractivity contribution in [1.29, 1.82) is 0 Å². The number of hydrogen-bond acceptors (Lipinski definition) is 3. The maximum atomic E-state index is 11.9. The van der Waals surface area contributed by atoms with Gasteiger partial charge in [-0.25, -0.2) is 0 Å². The zero-order valence-corrected chi connectivity index (χ0v) is 10.7. The molecule has 98 valence electrons. The van der Waals surface area contributed by atoms with Crippen LogP contribution < -0.4 is 10.7 Å². The van der Waals surface area contributed by atoms with Gasteiger partial charge < -0.3 is 14.8 Å². The number of nitrogens with one attached hydrogen (secondary N) is 1. The second-order valence-electron chi connectivity index (χ2n) is 4.66. The number of aromatic nitrogens is 1. The molecule has 0 spiro atoms. The van der Waals surface area contributed by atoms with Crippen LogP contribution in [0.5, 0.6) is 0 Å². The second-order valence-corrected chi connectivity index (χ2v) is 4.66. The third kappa shape index (κ3) is 3.20. The molecule has 2 rings (SSSR count). The quantitative estimate of drug-likeness (QED) is 0.830. The third-order valence-corrected chi connectivity index (χ3v) is 3.27. The molecular weight excluding hydrogens is 230 g/mol. The molecular formula is C13H19N3O2. The van der Waals surface area contributed by atoms with Crippen LogP contribution in [0.4, 0.5) is 0 Å². The van der Waals surface area contributed by atoms with Crippen LogP contribution in [0.25, 0.3) is 0 Å². The second kappa shape index (κ2) is 5.82. The van der Waals surface area contributed by atoms with E-state index in [2.05, 4.69) is 10.2 Å². The molecule has 1 N–H and O–H groups in total. The van der Waals surface area contributed by atoms with Crippen LogP contribution in [0, 0.1) is 0 Å². The summed E-state index contributed by atoms with van der Waals surface area (Å²) < 4.78 is 1.66. The first-order valence-corrected chi connectivity index (χ1v) is 6.34. The first kappa shape index (κ1) is 12.8. The van der Waals surface area contributed by atoms with Gasteiger partial charge in [0.2, 0.25) is 0 Å². The van der Waals surface area contributed by atoms with Crippen molar-refractivity contribution >= 4 is 5.91 Å². The zero-order chi connectivity index (χ0) is 13.0. The van der Waals surface area contributed by atoms with Gasteiger partial charge in [-0.2, -0.15) is 0 Å². The number of pyridine rings is 1. The summed E-state index contributed by atoms with van der Waals surface area (Å²) in [5.74, 6) is -0.186. The fraction of sp³-hybridized carbons (Fsp3) is 0.538. The molecule has 1 saturated heterocycles. The van der Waals surface area contributed by atoms with Gasteiger partial charge in [-0.1, -0.05) is 0 Å². The Bertz CT molecular complexity index is 475. The number of carbonyl (C=O) groups excluding carboxylic acids is 1. The maximum Gasteiger partial charge on any atom is 0.268 e. The largest absolute Gasteiger partial charge is 0.349 e. The standard InChI is InChI=1S/C13H19N3O2/c1-15-8-4-11(17)10-12(15)13(18)14-5-9-16-6-2-3-7-16/h4,8,10H,2-3,5-7,9H2,1H3,(H,14,18). The van der Waals surface area contributed by atoms with Gasteiger partial charge in [0.1, 0.15) is 5.69 Å². The summed E-state index contributed by atoms with van der Waals surface area (Å²) in [5.41, 5.74) is 0.265. The molecule has 2 heterocycles. The average molecular weight is 249 g/mol. The Morgan fingerprint density at radius 3 is 2.83 bits per heavy atom. The summed E-state index contributed by atoms with van der Waals surface area (Å²) in [7, 11) is 1.76. The summed E-state index contributed by atoms with van der Waals surface area (Å²) in [5, 5.41) is 2.85. The molecule has 1 aliphatic heterocycles. The molecule has 0 bridgehead atoms. The summed E-state index contributed by atoms with van der Waals surface area (Å²) in [6.45, 7) is 3.76. The number of likely N-dealkylation sites (tertiary alicyclic amines) is 1. The van der Waals surface area contributed by atoms with Crippen LogP contribution in [0.2, 0.25) is 0 Å². The molecule has 0 radical (unpaired) electrons. The van der Waals surface area contributed by atoms with E-state index in [0.717, 1.165) is 19.6 Å². The molecule has 0 aliphatic carbocycles. The molecule has 1 aromatic heterocycles. The predicted octanol–water partition coefficient (Wildman–Crippen LogP) is 0.211.